The smallest absolute Gasteiger partial charge is 0.255 e. The molecule has 2 aliphatic heterocycles. The van der Waals surface area contributed by atoms with Crippen LogP contribution in [0.4, 0.5) is 0 Å². The number of sulfone groups is 1. The van der Waals surface area contributed by atoms with Crippen LogP contribution in [0.25, 0.3) is 0 Å². The van der Waals surface area contributed by atoms with Crippen molar-refractivity contribution in [2.45, 2.75) is 47.9 Å². The van der Waals surface area contributed by atoms with Crippen molar-refractivity contribution in [1.29, 1.82) is 0 Å². The second-order valence-corrected chi connectivity index (χ2v) is 11.2. The van der Waals surface area contributed by atoms with Gasteiger partial charge in [-0.2, -0.15) is 0 Å². The first-order chi connectivity index (χ1) is 15.6. The first-order valence-corrected chi connectivity index (χ1v) is 12.4. The van der Waals surface area contributed by atoms with Crippen LogP contribution in [0.3, 0.4) is 0 Å². The largest absolute Gasteiger partial charge is 0.485 e. The summed E-state index contributed by atoms with van der Waals surface area (Å²) in [6, 6.07) is 17.0. The van der Waals surface area contributed by atoms with E-state index < -0.39 is 27.6 Å². The van der Waals surface area contributed by atoms with Crippen molar-refractivity contribution in [3.05, 3.63) is 88.4 Å². The molecule has 0 bridgehead atoms. The molecule has 2 aliphatic rings. The molecule has 0 saturated carbocycles. The Labute approximate surface area is 197 Å². The van der Waals surface area contributed by atoms with Gasteiger partial charge in [-0.05, 0) is 67.9 Å². The number of halogens is 1. The van der Waals surface area contributed by atoms with Crippen LogP contribution in [0.2, 0.25) is 5.02 Å². The number of aliphatic hydroxyl groups is 1. The standard InChI is InChI=1S/C25H22ClNO5S/c1-25(2)23(28)22(27-14-15-12-16(26)8-10-19(15)24(27)29)20-13-18(9-11-21(20)32-25)33(30,31)17-6-4-3-5-7-17/h3-13,22-23,28H,14H2,1-2H3/t22-,23+/m1/s1. The number of benzene rings is 3. The Kier molecular flexibility index (Phi) is 5.04. The average Bonchev–Trinajstić information content (AvgIpc) is 3.10. The molecule has 2 heterocycles. The summed E-state index contributed by atoms with van der Waals surface area (Å²) in [4.78, 5) is 15.1. The van der Waals surface area contributed by atoms with Gasteiger partial charge in [-0.3, -0.25) is 4.79 Å². The van der Waals surface area contributed by atoms with E-state index in [4.69, 9.17) is 16.3 Å². The number of carbonyl (C=O) groups excluding carboxylic acids is 1. The first-order valence-electron chi connectivity index (χ1n) is 10.5. The molecule has 6 nitrogen and oxygen atoms in total. The van der Waals surface area contributed by atoms with Crippen LogP contribution in [0.5, 0.6) is 5.75 Å². The van der Waals surface area contributed by atoms with Gasteiger partial charge in [0.2, 0.25) is 9.84 Å². The molecular formula is C25H22ClNO5S. The fourth-order valence-electron chi connectivity index (χ4n) is 4.52. The predicted octanol–water partition coefficient (Wildman–Crippen LogP) is 4.40. The molecule has 1 N–H and O–H groups in total. The van der Waals surface area contributed by atoms with Gasteiger partial charge in [-0.25, -0.2) is 8.42 Å². The third kappa shape index (κ3) is 3.51. The molecule has 170 valence electrons. The van der Waals surface area contributed by atoms with E-state index in [1.807, 2.05) is 0 Å². The molecule has 3 aromatic rings. The highest BCUT2D eigenvalue weighted by Gasteiger charge is 2.48. The van der Waals surface area contributed by atoms with Crippen LogP contribution in [0, 0.1) is 0 Å². The van der Waals surface area contributed by atoms with Gasteiger partial charge in [0, 0.05) is 22.7 Å². The lowest BCUT2D eigenvalue weighted by Gasteiger charge is -2.45. The van der Waals surface area contributed by atoms with Gasteiger partial charge >= 0.3 is 0 Å². The molecule has 0 spiro atoms. The zero-order chi connectivity index (χ0) is 23.5. The molecule has 0 aliphatic carbocycles. The summed E-state index contributed by atoms with van der Waals surface area (Å²) in [6.07, 6.45) is -1.09. The fourth-order valence-corrected chi connectivity index (χ4v) is 6.03. The Bertz CT molecular complexity index is 1370. The Morgan fingerprint density at radius 2 is 1.76 bits per heavy atom. The van der Waals surface area contributed by atoms with E-state index in [0.717, 1.165) is 5.56 Å². The van der Waals surface area contributed by atoms with E-state index in [-0.39, 0.29) is 22.2 Å². The topological polar surface area (TPSA) is 83.9 Å². The van der Waals surface area contributed by atoms with Crippen molar-refractivity contribution in [1.82, 2.24) is 4.90 Å². The van der Waals surface area contributed by atoms with Crippen LogP contribution in [0.15, 0.2) is 76.5 Å². The lowest BCUT2D eigenvalue weighted by Crippen LogP contribution is -2.53. The second kappa shape index (κ2) is 7.58. The van der Waals surface area contributed by atoms with Crippen molar-refractivity contribution >= 4 is 27.3 Å². The van der Waals surface area contributed by atoms with Crippen molar-refractivity contribution in [3.8, 4) is 5.75 Å². The van der Waals surface area contributed by atoms with E-state index in [1.54, 1.807) is 61.2 Å². The highest BCUT2D eigenvalue weighted by atomic mass is 35.5. The molecule has 33 heavy (non-hydrogen) atoms. The van der Waals surface area contributed by atoms with E-state index in [2.05, 4.69) is 0 Å². The number of ether oxygens (including phenoxy) is 1. The van der Waals surface area contributed by atoms with Crippen molar-refractivity contribution in [2.24, 2.45) is 0 Å². The molecule has 0 fully saturated rings. The van der Waals surface area contributed by atoms with Crippen molar-refractivity contribution in [3.63, 3.8) is 0 Å². The van der Waals surface area contributed by atoms with E-state index in [1.165, 1.54) is 24.3 Å². The number of hydrogen-bond donors (Lipinski definition) is 1. The minimum Gasteiger partial charge on any atom is -0.485 e. The van der Waals surface area contributed by atoms with Gasteiger partial charge in [0.15, 0.2) is 0 Å². The first kappa shape index (κ1) is 21.9. The summed E-state index contributed by atoms with van der Waals surface area (Å²) in [5, 5.41) is 11.8. The molecule has 0 unspecified atom stereocenters. The maximum Gasteiger partial charge on any atom is 0.255 e. The van der Waals surface area contributed by atoms with Crippen LogP contribution in [0.1, 0.15) is 41.4 Å². The van der Waals surface area contributed by atoms with Crippen molar-refractivity contribution in [2.75, 3.05) is 0 Å². The molecule has 0 radical (unpaired) electrons. The Morgan fingerprint density at radius 3 is 2.48 bits per heavy atom. The number of aliphatic hydroxyl groups excluding tert-OH is 1. The van der Waals surface area contributed by atoms with Gasteiger partial charge in [0.05, 0.1) is 15.8 Å². The van der Waals surface area contributed by atoms with Gasteiger partial charge in [-0.15, -0.1) is 0 Å². The summed E-state index contributed by atoms with van der Waals surface area (Å²) < 4.78 is 32.5. The maximum atomic E-state index is 13.3. The van der Waals surface area contributed by atoms with Crippen molar-refractivity contribution < 1.29 is 23.1 Å². The number of nitrogens with zero attached hydrogens (tertiary/aromatic N) is 1. The summed E-state index contributed by atoms with van der Waals surface area (Å²) in [7, 11) is -3.80. The van der Waals surface area contributed by atoms with Gasteiger partial charge in [0.1, 0.15) is 17.5 Å². The summed E-state index contributed by atoms with van der Waals surface area (Å²) >= 11 is 6.12. The lowest BCUT2D eigenvalue weighted by atomic mass is 9.85. The van der Waals surface area contributed by atoms with Gasteiger partial charge < -0.3 is 14.7 Å². The maximum absolute atomic E-state index is 13.3. The Morgan fingerprint density at radius 1 is 1.03 bits per heavy atom. The monoisotopic (exact) mass is 483 g/mol. The molecule has 3 aromatic carbocycles. The van der Waals surface area contributed by atoms with E-state index in [0.29, 0.717) is 21.9 Å². The average molecular weight is 484 g/mol. The van der Waals surface area contributed by atoms with Crippen LogP contribution >= 0.6 is 11.6 Å². The number of carbonyl (C=O) groups is 1. The normalized spacial score (nSPS) is 21.3. The Hall–Kier alpha value is -2.87. The molecule has 1 amide bonds. The highest BCUT2D eigenvalue weighted by Crippen LogP contribution is 2.46. The molecule has 0 saturated heterocycles. The molecular weight excluding hydrogens is 462 g/mol. The number of amides is 1. The minimum absolute atomic E-state index is 0.0696. The fraction of sp³-hybridized carbons (Fsp3) is 0.240. The lowest BCUT2D eigenvalue weighted by molar-refractivity contribution is -0.0869. The van der Waals surface area contributed by atoms with E-state index in [9.17, 15) is 18.3 Å². The third-order valence-corrected chi connectivity index (χ3v) is 8.29. The SMILES string of the molecule is CC1(C)Oc2ccc(S(=O)(=O)c3ccccc3)cc2[C@@H](N2Cc3cc(Cl)ccc3C2=O)[C@@H]1O. The molecule has 5 rings (SSSR count). The van der Waals surface area contributed by atoms with Gasteiger partial charge in [0.25, 0.3) is 5.91 Å². The van der Waals surface area contributed by atoms with Crippen LogP contribution in [-0.4, -0.2) is 36.0 Å². The molecule has 2 atom stereocenters. The zero-order valence-electron chi connectivity index (χ0n) is 18.0. The summed E-state index contributed by atoms with van der Waals surface area (Å²) in [5.74, 6) is 0.190. The third-order valence-electron chi connectivity index (χ3n) is 6.28. The Balaban J connectivity index is 1.63. The summed E-state index contributed by atoms with van der Waals surface area (Å²) in [6.45, 7) is 3.74. The number of hydrogen-bond acceptors (Lipinski definition) is 5. The van der Waals surface area contributed by atoms with Crippen LogP contribution in [-0.2, 0) is 16.4 Å². The van der Waals surface area contributed by atoms with Crippen LogP contribution < -0.4 is 4.74 Å². The highest BCUT2D eigenvalue weighted by molar-refractivity contribution is 7.91. The second-order valence-electron chi connectivity index (χ2n) is 8.85. The van der Waals surface area contributed by atoms with Gasteiger partial charge in [-0.1, -0.05) is 29.8 Å². The number of rotatable bonds is 3. The predicted molar refractivity (Wildman–Crippen MR) is 123 cm³/mol. The summed E-state index contributed by atoms with van der Waals surface area (Å²) in [5.41, 5.74) is 0.736. The zero-order valence-corrected chi connectivity index (χ0v) is 19.6. The quantitative estimate of drug-likeness (QED) is 0.597. The molecule has 8 heteroatoms. The minimum atomic E-state index is -3.80. The number of fused-ring (bicyclic) bond motifs is 2. The molecule has 0 aromatic heterocycles. The van der Waals surface area contributed by atoms with E-state index >= 15 is 0 Å².